The van der Waals surface area contributed by atoms with Crippen molar-refractivity contribution in [2.45, 2.75) is 13.0 Å². The Balaban J connectivity index is 3.27. The van der Waals surface area contributed by atoms with Crippen LogP contribution in [0.5, 0.6) is 11.5 Å². The number of ether oxygens (including phenoxy) is 3. The lowest BCUT2D eigenvalue weighted by atomic mass is 10.00. The standard InChI is InChI=1S/C12H17NO4/c1-7-5-8(15-2)6-9(16-3)10(7)11(13)12(14)17-4/h5-6,11H,13H2,1-4H3. The van der Waals surface area contributed by atoms with Crippen molar-refractivity contribution in [1.82, 2.24) is 0 Å². The Morgan fingerprint density at radius 1 is 1.24 bits per heavy atom. The minimum atomic E-state index is -0.860. The fraction of sp³-hybridized carbons (Fsp3) is 0.417. The van der Waals surface area contributed by atoms with Gasteiger partial charge < -0.3 is 19.9 Å². The molecule has 0 aliphatic rings. The van der Waals surface area contributed by atoms with Gasteiger partial charge in [-0.15, -0.1) is 0 Å². The van der Waals surface area contributed by atoms with Crippen LogP contribution in [0.2, 0.25) is 0 Å². The summed E-state index contributed by atoms with van der Waals surface area (Å²) < 4.78 is 15.0. The van der Waals surface area contributed by atoms with Crippen molar-refractivity contribution >= 4 is 5.97 Å². The molecule has 1 rings (SSSR count). The Bertz CT molecular complexity index is 417. The van der Waals surface area contributed by atoms with Gasteiger partial charge in [0.2, 0.25) is 0 Å². The number of rotatable bonds is 4. The lowest BCUT2D eigenvalue weighted by Gasteiger charge is -2.17. The van der Waals surface area contributed by atoms with E-state index in [1.165, 1.54) is 14.2 Å². The molecule has 0 fully saturated rings. The third-order valence-corrected chi connectivity index (χ3v) is 2.54. The van der Waals surface area contributed by atoms with Gasteiger partial charge in [0.25, 0.3) is 0 Å². The summed E-state index contributed by atoms with van der Waals surface area (Å²) in [5, 5.41) is 0. The van der Waals surface area contributed by atoms with Gasteiger partial charge in [0, 0.05) is 11.6 Å². The molecule has 0 radical (unpaired) electrons. The van der Waals surface area contributed by atoms with E-state index in [2.05, 4.69) is 4.74 Å². The van der Waals surface area contributed by atoms with Crippen molar-refractivity contribution in [3.8, 4) is 11.5 Å². The summed E-state index contributed by atoms with van der Waals surface area (Å²) in [4.78, 5) is 11.5. The van der Waals surface area contributed by atoms with Crippen LogP contribution in [0, 0.1) is 6.92 Å². The molecule has 0 aliphatic heterocycles. The largest absolute Gasteiger partial charge is 0.497 e. The molecule has 2 N–H and O–H groups in total. The SMILES string of the molecule is COC(=O)C(N)c1c(C)cc(OC)cc1OC. The highest BCUT2D eigenvalue weighted by molar-refractivity contribution is 5.79. The summed E-state index contributed by atoms with van der Waals surface area (Å²) in [6.07, 6.45) is 0. The Labute approximate surface area is 100 Å². The molecule has 5 heteroatoms. The van der Waals surface area contributed by atoms with Crippen LogP contribution in [0.3, 0.4) is 0 Å². The topological polar surface area (TPSA) is 70.8 Å². The number of aryl methyl sites for hydroxylation is 1. The number of methoxy groups -OCH3 is 3. The van der Waals surface area contributed by atoms with E-state index in [4.69, 9.17) is 15.2 Å². The van der Waals surface area contributed by atoms with Crippen LogP contribution < -0.4 is 15.2 Å². The van der Waals surface area contributed by atoms with Gasteiger partial charge in [0.1, 0.15) is 17.5 Å². The van der Waals surface area contributed by atoms with Gasteiger partial charge in [0.15, 0.2) is 0 Å². The molecule has 0 spiro atoms. The van der Waals surface area contributed by atoms with E-state index in [1.807, 2.05) is 6.92 Å². The molecule has 0 saturated carbocycles. The molecule has 1 aromatic rings. The van der Waals surface area contributed by atoms with E-state index in [-0.39, 0.29) is 0 Å². The molecule has 94 valence electrons. The van der Waals surface area contributed by atoms with Gasteiger partial charge >= 0.3 is 5.97 Å². The molecular formula is C12H17NO4. The van der Waals surface area contributed by atoms with Gasteiger partial charge in [0.05, 0.1) is 21.3 Å². The van der Waals surface area contributed by atoms with Crippen LogP contribution >= 0.6 is 0 Å². The lowest BCUT2D eigenvalue weighted by molar-refractivity contribution is -0.142. The van der Waals surface area contributed by atoms with E-state index >= 15 is 0 Å². The van der Waals surface area contributed by atoms with Crippen LogP contribution in [-0.4, -0.2) is 27.3 Å². The van der Waals surface area contributed by atoms with E-state index in [0.717, 1.165) is 5.56 Å². The molecule has 0 bridgehead atoms. The third-order valence-electron chi connectivity index (χ3n) is 2.54. The van der Waals surface area contributed by atoms with Crippen molar-refractivity contribution < 1.29 is 19.0 Å². The van der Waals surface area contributed by atoms with Crippen LogP contribution in [0.15, 0.2) is 12.1 Å². The van der Waals surface area contributed by atoms with Crippen molar-refractivity contribution in [3.63, 3.8) is 0 Å². The summed E-state index contributed by atoms with van der Waals surface area (Å²) in [5.74, 6) is 0.663. The summed E-state index contributed by atoms with van der Waals surface area (Å²) in [6, 6.07) is 2.62. The van der Waals surface area contributed by atoms with Crippen LogP contribution in [0.1, 0.15) is 17.2 Å². The molecule has 1 aromatic carbocycles. The molecule has 0 aliphatic carbocycles. The molecule has 1 unspecified atom stereocenters. The second-order valence-electron chi connectivity index (χ2n) is 3.56. The molecule has 5 nitrogen and oxygen atoms in total. The summed E-state index contributed by atoms with van der Waals surface area (Å²) in [6.45, 7) is 1.84. The highest BCUT2D eigenvalue weighted by atomic mass is 16.5. The first kappa shape index (κ1) is 13.3. The maximum atomic E-state index is 11.5. The van der Waals surface area contributed by atoms with Gasteiger partial charge in [-0.2, -0.15) is 0 Å². The second kappa shape index (κ2) is 5.54. The van der Waals surface area contributed by atoms with E-state index in [0.29, 0.717) is 17.1 Å². The molecule has 0 amide bonds. The van der Waals surface area contributed by atoms with Crippen molar-refractivity contribution in [3.05, 3.63) is 23.3 Å². The second-order valence-corrected chi connectivity index (χ2v) is 3.56. The van der Waals surface area contributed by atoms with Gasteiger partial charge in [-0.1, -0.05) is 0 Å². The molecule has 1 atom stereocenters. The quantitative estimate of drug-likeness (QED) is 0.799. The Hall–Kier alpha value is -1.75. The van der Waals surface area contributed by atoms with E-state index < -0.39 is 12.0 Å². The van der Waals surface area contributed by atoms with Crippen molar-refractivity contribution in [1.29, 1.82) is 0 Å². The average Bonchev–Trinajstić information content (AvgIpc) is 2.35. The highest BCUT2D eigenvalue weighted by Crippen LogP contribution is 2.32. The lowest BCUT2D eigenvalue weighted by Crippen LogP contribution is -2.24. The van der Waals surface area contributed by atoms with E-state index in [1.54, 1.807) is 19.2 Å². The van der Waals surface area contributed by atoms with E-state index in [9.17, 15) is 4.79 Å². The molecule has 0 heterocycles. The predicted molar refractivity (Wildman–Crippen MR) is 63.2 cm³/mol. The third kappa shape index (κ3) is 2.68. The zero-order valence-corrected chi connectivity index (χ0v) is 10.4. The predicted octanol–water partition coefficient (Wildman–Crippen LogP) is 1.19. The maximum absolute atomic E-state index is 11.5. The smallest absolute Gasteiger partial charge is 0.327 e. The van der Waals surface area contributed by atoms with Crippen molar-refractivity contribution in [2.24, 2.45) is 5.73 Å². The number of carbonyl (C=O) groups excluding carboxylic acids is 1. The highest BCUT2D eigenvalue weighted by Gasteiger charge is 2.23. The molecule has 0 aromatic heterocycles. The molecule has 17 heavy (non-hydrogen) atoms. The number of nitrogens with two attached hydrogens (primary N) is 1. The fourth-order valence-electron chi connectivity index (χ4n) is 1.66. The molecular weight excluding hydrogens is 222 g/mol. The summed E-state index contributed by atoms with van der Waals surface area (Å²) in [5.41, 5.74) is 7.25. The zero-order valence-electron chi connectivity index (χ0n) is 10.4. The van der Waals surface area contributed by atoms with Crippen LogP contribution in [-0.2, 0) is 9.53 Å². The van der Waals surface area contributed by atoms with Gasteiger partial charge in [-0.3, -0.25) is 4.79 Å². The Kier molecular flexibility index (Phi) is 4.34. The van der Waals surface area contributed by atoms with Crippen LogP contribution in [0.25, 0.3) is 0 Å². The van der Waals surface area contributed by atoms with Crippen molar-refractivity contribution in [2.75, 3.05) is 21.3 Å². The minimum absolute atomic E-state index is 0.503. The average molecular weight is 239 g/mol. The van der Waals surface area contributed by atoms with Gasteiger partial charge in [-0.05, 0) is 18.6 Å². The zero-order chi connectivity index (χ0) is 13.0. The summed E-state index contributed by atoms with van der Waals surface area (Å²) >= 11 is 0. The fourth-order valence-corrected chi connectivity index (χ4v) is 1.66. The number of benzene rings is 1. The maximum Gasteiger partial charge on any atom is 0.327 e. The monoisotopic (exact) mass is 239 g/mol. The first-order valence-corrected chi connectivity index (χ1v) is 5.11. The number of carbonyl (C=O) groups is 1. The molecule has 0 saturated heterocycles. The summed E-state index contributed by atoms with van der Waals surface area (Å²) in [7, 11) is 4.38. The normalized spacial score (nSPS) is 11.8. The number of hydrogen-bond acceptors (Lipinski definition) is 5. The number of esters is 1. The van der Waals surface area contributed by atoms with Crippen LogP contribution in [0.4, 0.5) is 0 Å². The minimum Gasteiger partial charge on any atom is -0.497 e. The first-order chi connectivity index (χ1) is 8.04. The van der Waals surface area contributed by atoms with Gasteiger partial charge in [-0.25, -0.2) is 0 Å². The Morgan fingerprint density at radius 3 is 2.35 bits per heavy atom. The number of hydrogen-bond donors (Lipinski definition) is 1. The first-order valence-electron chi connectivity index (χ1n) is 5.11. The Morgan fingerprint density at radius 2 is 1.88 bits per heavy atom.